The Morgan fingerprint density at radius 1 is 1.19 bits per heavy atom. The molecule has 2 heteroatoms. The Morgan fingerprint density at radius 3 is 2.48 bits per heavy atom. The van der Waals surface area contributed by atoms with Gasteiger partial charge in [0.05, 0.1) is 0 Å². The van der Waals surface area contributed by atoms with E-state index in [1.165, 1.54) is 44.1 Å². The molecule has 4 aliphatic rings. The minimum atomic E-state index is 0.155. The van der Waals surface area contributed by atoms with Crippen LogP contribution in [0.15, 0.2) is 24.5 Å². The van der Waals surface area contributed by atoms with Crippen LogP contribution in [0.2, 0.25) is 0 Å². The summed E-state index contributed by atoms with van der Waals surface area (Å²) in [6.45, 7) is 5.08. The van der Waals surface area contributed by atoms with Gasteiger partial charge in [0.1, 0.15) is 0 Å². The molecule has 0 spiro atoms. The number of pyridine rings is 1. The number of hydrogen-bond donors (Lipinski definition) is 1. The molecule has 2 N–H and O–H groups in total. The smallest absolute Gasteiger partial charge is 0.0315 e. The number of nitrogens with two attached hydrogens (primary N) is 1. The fraction of sp³-hybridized carbons (Fsp3) is 0.737. The molecule has 0 radical (unpaired) electrons. The lowest BCUT2D eigenvalue weighted by Gasteiger charge is -2.66. The van der Waals surface area contributed by atoms with Crippen molar-refractivity contribution in [2.45, 2.75) is 64.8 Å². The van der Waals surface area contributed by atoms with Crippen molar-refractivity contribution in [1.29, 1.82) is 0 Å². The minimum absolute atomic E-state index is 0.155. The Balaban J connectivity index is 1.60. The zero-order valence-electron chi connectivity index (χ0n) is 13.4. The van der Waals surface area contributed by atoms with Gasteiger partial charge in [-0.05, 0) is 78.7 Å². The Bertz CT molecular complexity index is 520. The van der Waals surface area contributed by atoms with Crippen LogP contribution in [0.1, 0.15) is 70.4 Å². The highest BCUT2D eigenvalue weighted by Gasteiger charge is 2.59. The molecule has 3 atom stereocenters. The van der Waals surface area contributed by atoms with Crippen LogP contribution in [0.4, 0.5) is 0 Å². The summed E-state index contributed by atoms with van der Waals surface area (Å²) in [5.74, 6) is 0.956. The number of aromatic nitrogens is 1. The maximum Gasteiger partial charge on any atom is 0.0315 e. The molecule has 21 heavy (non-hydrogen) atoms. The highest BCUT2D eigenvalue weighted by Crippen LogP contribution is 2.70. The van der Waals surface area contributed by atoms with E-state index in [9.17, 15) is 0 Å². The van der Waals surface area contributed by atoms with Crippen LogP contribution in [-0.2, 0) is 0 Å². The van der Waals surface area contributed by atoms with E-state index in [0.29, 0.717) is 16.2 Å². The van der Waals surface area contributed by atoms with Crippen LogP contribution < -0.4 is 5.73 Å². The first-order chi connectivity index (χ1) is 9.90. The van der Waals surface area contributed by atoms with Gasteiger partial charge < -0.3 is 5.73 Å². The van der Waals surface area contributed by atoms with Gasteiger partial charge in [-0.1, -0.05) is 19.9 Å². The molecule has 4 saturated carbocycles. The lowest BCUT2D eigenvalue weighted by Crippen LogP contribution is -2.55. The van der Waals surface area contributed by atoms with Crippen molar-refractivity contribution in [2.75, 3.05) is 0 Å². The summed E-state index contributed by atoms with van der Waals surface area (Å²) in [5.41, 5.74) is 9.44. The zero-order valence-corrected chi connectivity index (χ0v) is 13.4. The van der Waals surface area contributed by atoms with E-state index in [2.05, 4.69) is 24.9 Å². The molecule has 2 nitrogen and oxygen atoms in total. The number of nitrogens with zero attached hydrogens (tertiary/aromatic N) is 1. The van der Waals surface area contributed by atoms with Crippen molar-refractivity contribution in [3.63, 3.8) is 0 Å². The predicted molar refractivity (Wildman–Crippen MR) is 85.6 cm³/mol. The van der Waals surface area contributed by atoms with Crippen LogP contribution in [0, 0.1) is 22.2 Å². The zero-order chi connectivity index (χ0) is 14.7. The van der Waals surface area contributed by atoms with E-state index in [0.717, 1.165) is 12.3 Å². The molecule has 4 fully saturated rings. The van der Waals surface area contributed by atoms with Gasteiger partial charge in [0, 0.05) is 18.4 Å². The van der Waals surface area contributed by atoms with Crippen molar-refractivity contribution >= 4 is 0 Å². The minimum Gasteiger partial charge on any atom is -0.324 e. The van der Waals surface area contributed by atoms with Crippen molar-refractivity contribution in [3.8, 4) is 0 Å². The molecule has 0 aliphatic heterocycles. The molecule has 4 aliphatic carbocycles. The molecular weight excluding hydrogens is 256 g/mol. The first-order valence-electron chi connectivity index (χ1n) is 8.55. The molecule has 4 bridgehead atoms. The van der Waals surface area contributed by atoms with E-state index in [-0.39, 0.29) is 6.04 Å². The third-order valence-electron chi connectivity index (χ3n) is 6.51. The monoisotopic (exact) mass is 284 g/mol. The maximum absolute atomic E-state index is 6.56. The van der Waals surface area contributed by atoms with Gasteiger partial charge in [0.25, 0.3) is 0 Å². The molecule has 1 aromatic rings. The van der Waals surface area contributed by atoms with E-state index in [1.807, 2.05) is 18.5 Å². The maximum atomic E-state index is 6.56. The normalized spacial score (nSPS) is 45.8. The van der Waals surface area contributed by atoms with Crippen LogP contribution >= 0.6 is 0 Å². The third-order valence-corrected chi connectivity index (χ3v) is 6.51. The summed E-state index contributed by atoms with van der Waals surface area (Å²) in [7, 11) is 0. The van der Waals surface area contributed by atoms with Gasteiger partial charge in [0.2, 0.25) is 0 Å². The SMILES string of the molecule is CC12CC3CC(C)(C1)CC(CC(N)c1cccnc1)(C3)C2. The van der Waals surface area contributed by atoms with Crippen LogP contribution in [-0.4, -0.2) is 4.98 Å². The molecule has 5 rings (SSSR count). The Kier molecular flexibility index (Phi) is 2.83. The van der Waals surface area contributed by atoms with Gasteiger partial charge in [-0.2, -0.15) is 0 Å². The van der Waals surface area contributed by atoms with E-state index in [4.69, 9.17) is 5.73 Å². The summed E-state index contributed by atoms with van der Waals surface area (Å²) < 4.78 is 0. The van der Waals surface area contributed by atoms with Gasteiger partial charge in [0.15, 0.2) is 0 Å². The Labute approximate surface area is 128 Å². The lowest BCUT2D eigenvalue weighted by molar-refractivity contribution is -0.149. The Morgan fingerprint density at radius 2 is 1.90 bits per heavy atom. The predicted octanol–water partition coefficient (Wildman–Crippen LogP) is 4.47. The molecule has 1 aromatic heterocycles. The largest absolute Gasteiger partial charge is 0.324 e. The van der Waals surface area contributed by atoms with Crippen molar-refractivity contribution < 1.29 is 0 Å². The molecule has 0 saturated heterocycles. The second kappa shape index (κ2) is 4.32. The highest BCUT2D eigenvalue weighted by molar-refractivity contribution is 5.17. The second-order valence-corrected chi connectivity index (χ2v) is 9.23. The summed E-state index contributed by atoms with van der Waals surface area (Å²) in [6.07, 6.45) is 13.5. The van der Waals surface area contributed by atoms with Gasteiger partial charge in [-0.25, -0.2) is 0 Å². The Hall–Kier alpha value is -0.890. The van der Waals surface area contributed by atoms with E-state index >= 15 is 0 Å². The van der Waals surface area contributed by atoms with Crippen LogP contribution in [0.25, 0.3) is 0 Å². The first kappa shape index (κ1) is 13.8. The molecule has 0 amide bonds. The summed E-state index contributed by atoms with van der Waals surface area (Å²) in [4.78, 5) is 4.25. The standard InChI is InChI=1S/C19H28N2/c1-17-6-14-7-18(2,11-17)13-19(8-14,12-17)9-16(20)15-4-3-5-21-10-15/h3-5,10,14,16H,6-9,11-13,20H2,1-2H3. The topological polar surface area (TPSA) is 38.9 Å². The first-order valence-corrected chi connectivity index (χ1v) is 8.55. The molecule has 1 heterocycles. The summed E-state index contributed by atoms with van der Waals surface area (Å²) in [6, 6.07) is 4.31. The molecule has 0 aromatic carbocycles. The second-order valence-electron chi connectivity index (χ2n) is 9.23. The fourth-order valence-electron chi connectivity index (χ4n) is 7.09. The van der Waals surface area contributed by atoms with Crippen LogP contribution in [0.3, 0.4) is 0 Å². The van der Waals surface area contributed by atoms with Crippen LogP contribution in [0.5, 0.6) is 0 Å². The van der Waals surface area contributed by atoms with Gasteiger partial charge in [-0.3, -0.25) is 4.98 Å². The van der Waals surface area contributed by atoms with E-state index < -0.39 is 0 Å². The molecular formula is C19H28N2. The van der Waals surface area contributed by atoms with Gasteiger partial charge >= 0.3 is 0 Å². The third kappa shape index (κ3) is 2.32. The van der Waals surface area contributed by atoms with E-state index in [1.54, 1.807) is 0 Å². The average Bonchev–Trinajstić information content (AvgIpc) is 2.34. The quantitative estimate of drug-likeness (QED) is 0.889. The van der Waals surface area contributed by atoms with Gasteiger partial charge in [-0.15, -0.1) is 0 Å². The fourth-order valence-corrected chi connectivity index (χ4v) is 7.09. The average molecular weight is 284 g/mol. The van der Waals surface area contributed by atoms with Crippen molar-refractivity contribution in [3.05, 3.63) is 30.1 Å². The number of hydrogen-bond acceptors (Lipinski definition) is 2. The highest BCUT2D eigenvalue weighted by atomic mass is 14.7. The molecule has 3 unspecified atom stereocenters. The number of rotatable bonds is 3. The summed E-state index contributed by atoms with van der Waals surface area (Å²) >= 11 is 0. The molecule has 114 valence electrons. The lowest BCUT2D eigenvalue weighted by atomic mass is 9.39. The van der Waals surface area contributed by atoms with Crippen molar-refractivity contribution in [2.24, 2.45) is 27.9 Å². The van der Waals surface area contributed by atoms with Crippen molar-refractivity contribution in [1.82, 2.24) is 4.98 Å². The summed E-state index contributed by atoms with van der Waals surface area (Å²) in [5, 5.41) is 0.